The van der Waals surface area contributed by atoms with Gasteiger partial charge in [0.1, 0.15) is 5.82 Å². The first-order valence-corrected chi connectivity index (χ1v) is 9.64. The van der Waals surface area contributed by atoms with Crippen molar-refractivity contribution in [3.05, 3.63) is 54.1 Å². The second-order valence-corrected chi connectivity index (χ2v) is 8.03. The van der Waals surface area contributed by atoms with Crippen LogP contribution in [-0.2, 0) is 13.6 Å². The summed E-state index contributed by atoms with van der Waals surface area (Å²) in [5, 5.41) is 3.53. The molecule has 2 unspecified atom stereocenters. The van der Waals surface area contributed by atoms with E-state index in [1.807, 2.05) is 6.20 Å². The number of piperidine rings is 1. The number of aromatic nitrogens is 2. The van der Waals surface area contributed by atoms with Gasteiger partial charge in [0.2, 0.25) is 0 Å². The largest absolute Gasteiger partial charge is 0.337 e. The Morgan fingerprint density at radius 2 is 2.04 bits per heavy atom. The number of benzene rings is 1. The summed E-state index contributed by atoms with van der Waals surface area (Å²) in [7, 11) is 2.11. The second-order valence-electron chi connectivity index (χ2n) is 8.03. The van der Waals surface area contributed by atoms with E-state index in [0.717, 1.165) is 19.1 Å². The minimum absolute atomic E-state index is 0.542. The van der Waals surface area contributed by atoms with E-state index in [9.17, 15) is 0 Å². The van der Waals surface area contributed by atoms with Gasteiger partial charge >= 0.3 is 0 Å². The third kappa shape index (κ3) is 3.51. The van der Waals surface area contributed by atoms with Crippen molar-refractivity contribution in [2.45, 2.75) is 44.7 Å². The predicted octanol–water partition coefficient (Wildman–Crippen LogP) is 3.17. The van der Waals surface area contributed by atoms with Gasteiger partial charge in [-0.3, -0.25) is 4.90 Å². The van der Waals surface area contributed by atoms with Crippen LogP contribution in [0.3, 0.4) is 0 Å². The van der Waals surface area contributed by atoms with Crippen molar-refractivity contribution < 1.29 is 0 Å². The Bertz CT molecular complexity index is 687. The molecule has 0 radical (unpaired) electrons. The van der Waals surface area contributed by atoms with Crippen LogP contribution in [0.15, 0.2) is 42.7 Å². The van der Waals surface area contributed by atoms with Gasteiger partial charge < -0.3 is 9.88 Å². The summed E-state index contributed by atoms with van der Waals surface area (Å²) in [6, 6.07) is 11.7. The topological polar surface area (TPSA) is 33.1 Å². The van der Waals surface area contributed by atoms with Crippen LogP contribution < -0.4 is 5.32 Å². The first kappa shape index (κ1) is 16.8. The number of rotatable bonds is 6. The molecule has 1 aromatic carbocycles. The van der Waals surface area contributed by atoms with Gasteiger partial charge in [-0.1, -0.05) is 37.3 Å². The zero-order valence-corrected chi connectivity index (χ0v) is 15.5. The molecule has 1 spiro atoms. The molecular weight excluding hydrogens is 308 g/mol. The molecule has 1 aliphatic heterocycles. The van der Waals surface area contributed by atoms with E-state index in [1.165, 1.54) is 43.7 Å². The van der Waals surface area contributed by atoms with Crippen LogP contribution in [-0.4, -0.2) is 40.1 Å². The van der Waals surface area contributed by atoms with Crippen molar-refractivity contribution in [3.8, 4) is 0 Å². The van der Waals surface area contributed by atoms with Crippen molar-refractivity contribution in [2.75, 3.05) is 19.6 Å². The van der Waals surface area contributed by atoms with Gasteiger partial charge in [0, 0.05) is 32.0 Å². The molecule has 1 saturated heterocycles. The first-order valence-electron chi connectivity index (χ1n) is 9.64. The van der Waals surface area contributed by atoms with Crippen molar-refractivity contribution >= 4 is 0 Å². The molecule has 0 bridgehead atoms. The minimum Gasteiger partial charge on any atom is -0.337 e. The van der Waals surface area contributed by atoms with Crippen LogP contribution in [0.4, 0.5) is 0 Å². The molecule has 1 saturated carbocycles. The molecule has 4 rings (SSSR count). The maximum absolute atomic E-state index is 4.59. The van der Waals surface area contributed by atoms with Crippen molar-refractivity contribution in [2.24, 2.45) is 12.5 Å². The highest BCUT2D eigenvalue weighted by Crippen LogP contribution is 2.56. The van der Waals surface area contributed by atoms with E-state index in [2.05, 4.69) is 70.3 Å². The van der Waals surface area contributed by atoms with Gasteiger partial charge in [-0.05, 0) is 49.2 Å². The van der Waals surface area contributed by atoms with Crippen molar-refractivity contribution in [1.82, 2.24) is 19.8 Å². The van der Waals surface area contributed by atoms with E-state index in [4.69, 9.17) is 0 Å². The second kappa shape index (κ2) is 6.93. The summed E-state index contributed by atoms with van der Waals surface area (Å²) in [6.07, 6.45) is 7.99. The lowest BCUT2D eigenvalue weighted by molar-refractivity contribution is 0.182. The quantitative estimate of drug-likeness (QED) is 0.878. The Morgan fingerprint density at radius 1 is 1.28 bits per heavy atom. The Morgan fingerprint density at radius 3 is 2.72 bits per heavy atom. The summed E-state index contributed by atoms with van der Waals surface area (Å²) >= 11 is 0. The SMILES string of the molecule is CC(CN(Cc1nccn1C)C1CC12CCNCC2)c1ccccc1. The van der Waals surface area contributed by atoms with E-state index >= 15 is 0 Å². The molecule has 2 aliphatic rings. The molecule has 0 amide bonds. The van der Waals surface area contributed by atoms with Gasteiger partial charge in [-0.2, -0.15) is 0 Å². The van der Waals surface area contributed by atoms with Gasteiger partial charge in [0.25, 0.3) is 0 Å². The Hall–Kier alpha value is -1.65. The van der Waals surface area contributed by atoms with Crippen LogP contribution >= 0.6 is 0 Å². The van der Waals surface area contributed by atoms with Crippen LogP contribution in [0.1, 0.15) is 43.5 Å². The predicted molar refractivity (Wildman–Crippen MR) is 101 cm³/mol. The highest BCUT2D eigenvalue weighted by molar-refractivity contribution is 5.20. The maximum Gasteiger partial charge on any atom is 0.122 e. The van der Waals surface area contributed by atoms with Gasteiger partial charge in [0.15, 0.2) is 0 Å². The fourth-order valence-corrected chi connectivity index (χ4v) is 4.58. The van der Waals surface area contributed by atoms with E-state index < -0.39 is 0 Å². The summed E-state index contributed by atoms with van der Waals surface area (Å²) < 4.78 is 2.16. The first-order chi connectivity index (χ1) is 12.2. The van der Waals surface area contributed by atoms with Crippen LogP contribution in [0.2, 0.25) is 0 Å². The number of hydrogen-bond acceptors (Lipinski definition) is 3. The van der Waals surface area contributed by atoms with Gasteiger partial charge in [0.05, 0.1) is 6.54 Å². The molecule has 1 N–H and O–H groups in total. The Kier molecular flexibility index (Phi) is 4.65. The monoisotopic (exact) mass is 338 g/mol. The standard InChI is InChI=1S/C21H30N4/c1-17(18-6-4-3-5-7-18)15-25(16-20-23-12-13-24(20)2)19-14-21(19)8-10-22-11-9-21/h3-7,12-13,17,19,22H,8-11,14-16H2,1-2H3. The summed E-state index contributed by atoms with van der Waals surface area (Å²) in [5.74, 6) is 1.72. The van der Waals surface area contributed by atoms with Crippen LogP contribution in [0, 0.1) is 5.41 Å². The lowest BCUT2D eigenvalue weighted by Crippen LogP contribution is -2.38. The Balaban J connectivity index is 1.51. The fraction of sp³-hybridized carbons (Fsp3) is 0.571. The summed E-state index contributed by atoms with van der Waals surface area (Å²) in [4.78, 5) is 7.30. The molecule has 4 heteroatoms. The molecule has 134 valence electrons. The van der Waals surface area contributed by atoms with Crippen molar-refractivity contribution in [3.63, 3.8) is 0 Å². The summed E-state index contributed by atoms with van der Waals surface area (Å²) in [5.41, 5.74) is 2.00. The minimum atomic E-state index is 0.542. The molecule has 2 aromatic rings. The molecule has 2 heterocycles. The van der Waals surface area contributed by atoms with Gasteiger partial charge in [-0.25, -0.2) is 4.98 Å². The van der Waals surface area contributed by atoms with E-state index in [1.54, 1.807) is 0 Å². The molecule has 1 aromatic heterocycles. The number of nitrogens with zero attached hydrogens (tertiary/aromatic N) is 3. The number of hydrogen-bond donors (Lipinski definition) is 1. The fourth-order valence-electron chi connectivity index (χ4n) is 4.58. The van der Waals surface area contributed by atoms with E-state index in [-0.39, 0.29) is 0 Å². The average molecular weight is 338 g/mol. The Labute approximate surface area is 151 Å². The lowest BCUT2D eigenvalue weighted by Gasteiger charge is -2.31. The van der Waals surface area contributed by atoms with Gasteiger partial charge in [-0.15, -0.1) is 0 Å². The lowest BCUT2D eigenvalue weighted by atomic mass is 9.93. The molecule has 2 atom stereocenters. The normalized spacial score (nSPS) is 23.1. The third-order valence-electron chi connectivity index (χ3n) is 6.33. The molecule has 25 heavy (non-hydrogen) atoms. The highest BCUT2D eigenvalue weighted by Gasteiger charge is 2.56. The highest BCUT2D eigenvalue weighted by atomic mass is 15.2. The molecule has 4 nitrogen and oxygen atoms in total. The smallest absolute Gasteiger partial charge is 0.122 e. The molecule has 1 aliphatic carbocycles. The number of aryl methyl sites for hydroxylation is 1. The van der Waals surface area contributed by atoms with Crippen LogP contribution in [0.25, 0.3) is 0 Å². The number of imidazole rings is 1. The van der Waals surface area contributed by atoms with E-state index in [0.29, 0.717) is 11.3 Å². The van der Waals surface area contributed by atoms with Crippen LogP contribution in [0.5, 0.6) is 0 Å². The zero-order valence-electron chi connectivity index (χ0n) is 15.5. The molecule has 2 fully saturated rings. The molecular formula is C21H30N4. The summed E-state index contributed by atoms with van der Waals surface area (Å²) in [6.45, 7) is 6.79. The average Bonchev–Trinajstić information content (AvgIpc) is 3.17. The number of nitrogens with one attached hydrogen (secondary N) is 1. The third-order valence-corrected chi connectivity index (χ3v) is 6.33. The zero-order chi connectivity index (χ0) is 17.3. The van der Waals surface area contributed by atoms with Crippen molar-refractivity contribution in [1.29, 1.82) is 0 Å². The maximum atomic E-state index is 4.59.